The van der Waals surface area contributed by atoms with Crippen LogP contribution in [0.4, 0.5) is 0 Å². The largest absolute Gasteiger partial charge is 0.494 e. The summed E-state index contributed by atoms with van der Waals surface area (Å²) in [6.45, 7) is 3.98. The zero-order valence-electron chi connectivity index (χ0n) is 11.2. The molecule has 2 N–H and O–H groups in total. The van der Waals surface area contributed by atoms with Gasteiger partial charge in [-0.05, 0) is 32.0 Å². The number of benzene rings is 1. The van der Waals surface area contributed by atoms with E-state index in [0.29, 0.717) is 26.1 Å². The molecule has 0 saturated heterocycles. The number of rotatable bonds is 8. The molecule has 0 unspecified atom stereocenters. The Balaban J connectivity index is 2.36. The van der Waals surface area contributed by atoms with Crippen LogP contribution in [0.3, 0.4) is 0 Å². The number of nitrogens with one attached hydrogen (secondary N) is 2. The van der Waals surface area contributed by atoms with Crippen LogP contribution in [0, 0.1) is 0 Å². The monoisotopic (exact) mass is 250 g/mol. The average Bonchev–Trinajstić information content (AvgIpc) is 2.38. The van der Waals surface area contributed by atoms with Crippen molar-refractivity contribution in [3.63, 3.8) is 0 Å². The van der Waals surface area contributed by atoms with Gasteiger partial charge in [0.05, 0.1) is 6.61 Å². The molecule has 1 aromatic rings. The SMILES string of the molecule is CCOc1ccccc1CCNC(=O)CCNC. The number of hydrogen-bond acceptors (Lipinski definition) is 3. The topological polar surface area (TPSA) is 50.4 Å². The zero-order valence-corrected chi connectivity index (χ0v) is 11.2. The molecule has 0 saturated carbocycles. The second-order valence-electron chi connectivity index (χ2n) is 3.99. The van der Waals surface area contributed by atoms with Crippen molar-refractivity contribution >= 4 is 5.91 Å². The highest BCUT2D eigenvalue weighted by Gasteiger charge is 2.03. The van der Waals surface area contributed by atoms with E-state index in [0.717, 1.165) is 17.7 Å². The van der Waals surface area contributed by atoms with Crippen LogP contribution in [0.15, 0.2) is 24.3 Å². The summed E-state index contributed by atoms with van der Waals surface area (Å²) in [5.74, 6) is 0.989. The molecule has 0 aliphatic carbocycles. The van der Waals surface area contributed by atoms with Gasteiger partial charge in [0.2, 0.25) is 5.91 Å². The van der Waals surface area contributed by atoms with Crippen molar-refractivity contribution in [2.45, 2.75) is 19.8 Å². The van der Waals surface area contributed by atoms with Crippen molar-refractivity contribution in [1.82, 2.24) is 10.6 Å². The molecule has 4 nitrogen and oxygen atoms in total. The molecular weight excluding hydrogens is 228 g/mol. The molecule has 18 heavy (non-hydrogen) atoms. The summed E-state index contributed by atoms with van der Waals surface area (Å²) in [7, 11) is 1.84. The van der Waals surface area contributed by atoms with Gasteiger partial charge in [0, 0.05) is 19.5 Å². The molecule has 0 radical (unpaired) electrons. The van der Waals surface area contributed by atoms with Gasteiger partial charge in [-0.15, -0.1) is 0 Å². The number of para-hydroxylation sites is 1. The van der Waals surface area contributed by atoms with Crippen molar-refractivity contribution in [2.24, 2.45) is 0 Å². The third kappa shape index (κ3) is 5.19. The van der Waals surface area contributed by atoms with Crippen molar-refractivity contribution in [2.75, 3.05) is 26.7 Å². The van der Waals surface area contributed by atoms with E-state index in [9.17, 15) is 4.79 Å². The maximum atomic E-state index is 11.4. The van der Waals surface area contributed by atoms with Gasteiger partial charge in [0.1, 0.15) is 5.75 Å². The molecule has 100 valence electrons. The molecular formula is C14H22N2O2. The first-order valence-corrected chi connectivity index (χ1v) is 6.40. The first-order valence-electron chi connectivity index (χ1n) is 6.40. The van der Waals surface area contributed by atoms with E-state index < -0.39 is 0 Å². The Morgan fingerprint density at radius 1 is 1.28 bits per heavy atom. The summed E-state index contributed by atoms with van der Waals surface area (Å²) in [4.78, 5) is 11.4. The summed E-state index contributed by atoms with van der Waals surface area (Å²) in [5.41, 5.74) is 1.13. The summed E-state index contributed by atoms with van der Waals surface area (Å²) in [6, 6.07) is 7.94. The van der Waals surface area contributed by atoms with Gasteiger partial charge in [-0.1, -0.05) is 18.2 Å². The third-order valence-corrected chi connectivity index (χ3v) is 2.59. The quantitative estimate of drug-likeness (QED) is 0.732. The standard InChI is InChI=1S/C14H22N2O2/c1-3-18-13-7-5-4-6-12(13)8-11-16-14(17)9-10-15-2/h4-7,15H,3,8-11H2,1-2H3,(H,16,17). The molecule has 1 rings (SSSR count). The van der Waals surface area contributed by atoms with Crippen molar-refractivity contribution < 1.29 is 9.53 Å². The Bertz CT molecular complexity index is 367. The predicted octanol–water partition coefficient (Wildman–Crippen LogP) is 1.35. The van der Waals surface area contributed by atoms with E-state index in [2.05, 4.69) is 10.6 Å². The molecule has 4 heteroatoms. The number of carbonyl (C=O) groups is 1. The minimum atomic E-state index is 0.0817. The Morgan fingerprint density at radius 2 is 2.06 bits per heavy atom. The Hall–Kier alpha value is -1.55. The number of ether oxygens (including phenoxy) is 1. The lowest BCUT2D eigenvalue weighted by Gasteiger charge is -2.10. The van der Waals surface area contributed by atoms with Crippen LogP contribution in [-0.2, 0) is 11.2 Å². The fourth-order valence-electron chi connectivity index (χ4n) is 1.67. The number of hydrogen-bond donors (Lipinski definition) is 2. The van der Waals surface area contributed by atoms with E-state index in [4.69, 9.17) is 4.74 Å². The van der Waals surface area contributed by atoms with E-state index >= 15 is 0 Å². The minimum absolute atomic E-state index is 0.0817. The first-order chi connectivity index (χ1) is 8.77. The summed E-state index contributed by atoms with van der Waals surface area (Å²) < 4.78 is 5.54. The molecule has 0 aromatic heterocycles. The second-order valence-corrected chi connectivity index (χ2v) is 3.99. The maximum Gasteiger partial charge on any atom is 0.221 e. The van der Waals surface area contributed by atoms with Gasteiger partial charge >= 0.3 is 0 Å². The van der Waals surface area contributed by atoms with E-state index in [1.807, 2.05) is 38.2 Å². The molecule has 0 atom stereocenters. The molecule has 1 amide bonds. The minimum Gasteiger partial charge on any atom is -0.494 e. The lowest BCUT2D eigenvalue weighted by Crippen LogP contribution is -2.28. The normalized spacial score (nSPS) is 10.1. The highest BCUT2D eigenvalue weighted by molar-refractivity contribution is 5.76. The van der Waals surface area contributed by atoms with Crippen LogP contribution in [0.25, 0.3) is 0 Å². The lowest BCUT2D eigenvalue weighted by atomic mass is 10.1. The summed E-state index contributed by atoms with van der Waals surface area (Å²) in [5, 5.41) is 5.85. The Morgan fingerprint density at radius 3 is 2.78 bits per heavy atom. The van der Waals surface area contributed by atoms with Gasteiger partial charge in [0.25, 0.3) is 0 Å². The summed E-state index contributed by atoms with van der Waals surface area (Å²) in [6.07, 6.45) is 1.31. The van der Waals surface area contributed by atoms with Crippen molar-refractivity contribution in [3.8, 4) is 5.75 Å². The Labute approximate surface area is 109 Å². The van der Waals surface area contributed by atoms with Crippen molar-refractivity contribution in [3.05, 3.63) is 29.8 Å². The number of amides is 1. The van der Waals surface area contributed by atoms with Crippen LogP contribution in [-0.4, -0.2) is 32.7 Å². The average molecular weight is 250 g/mol. The molecule has 0 aliphatic rings. The van der Waals surface area contributed by atoms with Gasteiger partial charge in [-0.3, -0.25) is 4.79 Å². The van der Waals surface area contributed by atoms with Crippen LogP contribution >= 0.6 is 0 Å². The van der Waals surface area contributed by atoms with E-state index in [1.54, 1.807) is 0 Å². The zero-order chi connectivity index (χ0) is 13.2. The molecule has 0 heterocycles. The van der Waals surface area contributed by atoms with Gasteiger partial charge in [-0.2, -0.15) is 0 Å². The molecule has 0 fully saturated rings. The molecule has 0 bridgehead atoms. The Kier molecular flexibility index (Phi) is 6.87. The van der Waals surface area contributed by atoms with Gasteiger partial charge in [0.15, 0.2) is 0 Å². The highest BCUT2D eigenvalue weighted by atomic mass is 16.5. The number of carbonyl (C=O) groups excluding carboxylic acids is 1. The predicted molar refractivity (Wildman–Crippen MR) is 72.9 cm³/mol. The van der Waals surface area contributed by atoms with Crippen LogP contribution in [0.2, 0.25) is 0 Å². The van der Waals surface area contributed by atoms with Crippen LogP contribution < -0.4 is 15.4 Å². The highest BCUT2D eigenvalue weighted by Crippen LogP contribution is 2.17. The van der Waals surface area contributed by atoms with Crippen molar-refractivity contribution in [1.29, 1.82) is 0 Å². The maximum absolute atomic E-state index is 11.4. The van der Waals surface area contributed by atoms with Crippen LogP contribution in [0.5, 0.6) is 5.75 Å². The van der Waals surface area contributed by atoms with E-state index in [-0.39, 0.29) is 5.91 Å². The first kappa shape index (κ1) is 14.5. The fourth-order valence-corrected chi connectivity index (χ4v) is 1.67. The smallest absolute Gasteiger partial charge is 0.221 e. The third-order valence-electron chi connectivity index (χ3n) is 2.59. The van der Waals surface area contributed by atoms with Gasteiger partial charge in [-0.25, -0.2) is 0 Å². The van der Waals surface area contributed by atoms with E-state index in [1.165, 1.54) is 0 Å². The van der Waals surface area contributed by atoms with Gasteiger partial charge < -0.3 is 15.4 Å². The lowest BCUT2D eigenvalue weighted by molar-refractivity contribution is -0.120. The van der Waals surface area contributed by atoms with Crippen LogP contribution in [0.1, 0.15) is 18.9 Å². The summed E-state index contributed by atoms with van der Waals surface area (Å²) >= 11 is 0. The molecule has 0 aliphatic heterocycles. The fraction of sp³-hybridized carbons (Fsp3) is 0.500. The second kappa shape index (κ2) is 8.53. The molecule has 1 aromatic carbocycles. The molecule has 0 spiro atoms.